The Morgan fingerprint density at radius 1 is 1.62 bits per heavy atom. The normalized spacial score (nSPS) is 10.5. The number of aromatic nitrogens is 3. The van der Waals surface area contributed by atoms with Crippen LogP contribution in [0.1, 0.15) is 0 Å². The smallest absolute Gasteiger partial charge is 0.205 e. The van der Waals surface area contributed by atoms with Crippen LogP contribution in [0.3, 0.4) is 0 Å². The van der Waals surface area contributed by atoms with Gasteiger partial charge in [0.05, 0.1) is 0 Å². The van der Waals surface area contributed by atoms with E-state index in [1.165, 1.54) is 0 Å². The third-order valence-electron chi connectivity index (χ3n) is 0.968. The van der Waals surface area contributed by atoms with Crippen LogP contribution in [0.2, 0.25) is 0 Å². The number of nitrogens with zero attached hydrogens (tertiary/aromatic N) is 2. The fourth-order valence-corrected chi connectivity index (χ4v) is 0.603. The molecule has 0 saturated heterocycles. The second-order valence-electron chi connectivity index (χ2n) is 1.46. The van der Waals surface area contributed by atoms with Crippen molar-refractivity contribution >= 4 is 11.2 Å². The molecule has 8 heavy (non-hydrogen) atoms. The number of aromatic amines is 1. The molecule has 0 aliphatic heterocycles. The van der Waals surface area contributed by atoms with E-state index in [2.05, 4.69) is 19.9 Å². The lowest BCUT2D eigenvalue weighted by Gasteiger charge is -1.59. The summed E-state index contributed by atoms with van der Waals surface area (Å²) in [5, 5.41) is 6.91. The number of fused-ring (bicyclic) bond motifs is 1. The number of H-pyrrole nitrogens is 1. The van der Waals surface area contributed by atoms with Gasteiger partial charge in [-0.1, -0.05) is 5.10 Å². The van der Waals surface area contributed by atoms with E-state index in [0.717, 1.165) is 0 Å². The number of hydrogen-bond donors (Lipinski definition) is 1. The molecule has 4 heteroatoms. The lowest BCUT2D eigenvalue weighted by molar-refractivity contribution is 0.424. The Hall–Kier alpha value is -1.32. The van der Waals surface area contributed by atoms with Crippen molar-refractivity contribution in [2.75, 3.05) is 0 Å². The first-order valence-corrected chi connectivity index (χ1v) is 2.22. The quantitative estimate of drug-likeness (QED) is 0.537. The summed E-state index contributed by atoms with van der Waals surface area (Å²) in [5.74, 6) is 0. The lowest BCUT2D eigenvalue weighted by Crippen LogP contribution is -1.64. The molecule has 0 aliphatic carbocycles. The molecular formula is C4H3N3O. The standard InChI is InChI=1S/C4H3N3O/c1-2-5-4-3(1)8-7-6-4/h1-2,5H. The molecule has 0 spiro atoms. The summed E-state index contributed by atoms with van der Waals surface area (Å²) >= 11 is 0. The zero-order valence-corrected chi connectivity index (χ0v) is 3.96. The average molecular weight is 109 g/mol. The van der Waals surface area contributed by atoms with Crippen LogP contribution in [0.5, 0.6) is 0 Å². The van der Waals surface area contributed by atoms with E-state index < -0.39 is 0 Å². The Labute approximate surface area is 44.5 Å². The van der Waals surface area contributed by atoms with Gasteiger partial charge in [0.2, 0.25) is 11.2 Å². The van der Waals surface area contributed by atoms with Crippen molar-refractivity contribution in [1.82, 2.24) is 15.4 Å². The van der Waals surface area contributed by atoms with Crippen LogP contribution in [0, 0.1) is 0 Å². The third-order valence-corrected chi connectivity index (χ3v) is 0.968. The van der Waals surface area contributed by atoms with Gasteiger partial charge in [-0.25, -0.2) is 0 Å². The molecule has 0 fully saturated rings. The second kappa shape index (κ2) is 1.09. The Morgan fingerprint density at radius 2 is 2.62 bits per heavy atom. The molecule has 0 atom stereocenters. The molecule has 2 aromatic heterocycles. The van der Waals surface area contributed by atoms with E-state index in [1.54, 1.807) is 12.3 Å². The largest absolute Gasteiger partial charge is 0.342 e. The van der Waals surface area contributed by atoms with Crippen LogP contribution >= 0.6 is 0 Å². The molecule has 0 aromatic carbocycles. The Bertz CT molecular complexity index is 233. The fraction of sp³-hybridized carbons (Fsp3) is 0. The molecule has 0 amide bonds. The fourth-order valence-electron chi connectivity index (χ4n) is 0.603. The van der Waals surface area contributed by atoms with Gasteiger partial charge in [0.15, 0.2) is 0 Å². The summed E-state index contributed by atoms with van der Waals surface area (Å²) in [7, 11) is 0. The van der Waals surface area contributed by atoms with E-state index in [9.17, 15) is 0 Å². The number of rotatable bonds is 0. The van der Waals surface area contributed by atoms with Crippen LogP contribution in [0.4, 0.5) is 0 Å². The van der Waals surface area contributed by atoms with Crippen molar-refractivity contribution < 1.29 is 4.52 Å². The zero-order valence-electron chi connectivity index (χ0n) is 3.96. The zero-order chi connectivity index (χ0) is 5.40. The Kier molecular flexibility index (Phi) is 0.498. The van der Waals surface area contributed by atoms with Gasteiger partial charge >= 0.3 is 0 Å². The van der Waals surface area contributed by atoms with Gasteiger partial charge in [-0.15, -0.1) is 0 Å². The van der Waals surface area contributed by atoms with E-state index in [4.69, 9.17) is 0 Å². The van der Waals surface area contributed by atoms with Crippen molar-refractivity contribution in [3.8, 4) is 0 Å². The first kappa shape index (κ1) is 3.65. The summed E-state index contributed by atoms with van der Waals surface area (Å²) < 4.78 is 4.67. The van der Waals surface area contributed by atoms with Crippen LogP contribution in [-0.4, -0.2) is 15.4 Å². The van der Waals surface area contributed by atoms with Gasteiger partial charge in [-0.3, -0.25) is 0 Å². The predicted octanol–water partition coefficient (Wildman–Crippen LogP) is 0.551. The molecule has 1 N–H and O–H groups in total. The second-order valence-corrected chi connectivity index (χ2v) is 1.46. The van der Waals surface area contributed by atoms with Gasteiger partial charge in [0.25, 0.3) is 0 Å². The van der Waals surface area contributed by atoms with Gasteiger partial charge in [0.1, 0.15) is 0 Å². The molecule has 2 aromatic rings. The first-order valence-electron chi connectivity index (χ1n) is 2.22. The van der Waals surface area contributed by atoms with Gasteiger partial charge < -0.3 is 9.51 Å². The van der Waals surface area contributed by atoms with Gasteiger partial charge in [0, 0.05) is 17.5 Å². The number of hydrogen-bond acceptors (Lipinski definition) is 3. The van der Waals surface area contributed by atoms with Crippen molar-refractivity contribution in [3.63, 3.8) is 0 Å². The molecule has 0 radical (unpaired) electrons. The summed E-state index contributed by atoms with van der Waals surface area (Å²) in [6, 6.07) is 1.77. The molecule has 0 bridgehead atoms. The summed E-state index contributed by atoms with van der Waals surface area (Å²) in [6.45, 7) is 0. The van der Waals surface area contributed by atoms with Crippen molar-refractivity contribution in [2.24, 2.45) is 0 Å². The number of nitrogens with one attached hydrogen (secondary N) is 1. The SMILES string of the molecule is c1cc2onnc2[nH]1. The predicted molar refractivity (Wildman–Crippen MR) is 26.2 cm³/mol. The molecule has 0 unspecified atom stereocenters. The molecular weight excluding hydrogens is 106 g/mol. The van der Waals surface area contributed by atoms with Crippen LogP contribution in [-0.2, 0) is 0 Å². The summed E-state index contributed by atoms with van der Waals surface area (Å²) in [6.07, 6.45) is 1.75. The highest BCUT2D eigenvalue weighted by atomic mass is 16.5. The van der Waals surface area contributed by atoms with Gasteiger partial charge in [-0.2, -0.15) is 0 Å². The monoisotopic (exact) mass is 109 g/mol. The maximum Gasteiger partial charge on any atom is 0.205 e. The van der Waals surface area contributed by atoms with E-state index in [0.29, 0.717) is 11.2 Å². The van der Waals surface area contributed by atoms with Crippen LogP contribution in [0.15, 0.2) is 16.8 Å². The minimum atomic E-state index is 0.699. The molecule has 0 aliphatic rings. The van der Waals surface area contributed by atoms with E-state index in [-0.39, 0.29) is 0 Å². The van der Waals surface area contributed by atoms with Crippen molar-refractivity contribution in [2.45, 2.75) is 0 Å². The minimum absolute atomic E-state index is 0.699. The first-order chi connectivity index (χ1) is 3.97. The van der Waals surface area contributed by atoms with Crippen LogP contribution in [0.25, 0.3) is 11.2 Å². The van der Waals surface area contributed by atoms with E-state index in [1.807, 2.05) is 0 Å². The van der Waals surface area contributed by atoms with Crippen molar-refractivity contribution in [1.29, 1.82) is 0 Å². The highest BCUT2D eigenvalue weighted by molar-refractivity contribution is 5.66. The topological polar surface area (TPSA) is 54.7 Å². The summed E-state index contributed by atoms with van der Waals surface area (Å²) in [4.78, 5) is 2.83. The lowest BCUT2D eigenvalue weighted by atomic mass is 10.6. The maximum absolute atomic E-state index is 4.67. The van der Waals surface area contributed by atoms with Crippen molar-refractivity contribution in [3.05, 3.63) is 12.3 Å². The summed E-state index contributed by atoms with van der Waals surface area (Å²) in [5.41, 5.74) is 1.40. The highest BCUT2D eigenvalue weighted by Gasteiger charge is 1.95. The minimum Gasteiger partial charge on any atom is -0.342 e. The third kappa shape index (κ3) is 0.294. The Balaban J connectivity index is 3.06. The molecule has 40 valence electrons. The maximum atomic E-state index is 4.67. The molecule has 4 nitrogen and oxygen atoms in total. The highest BCUT2D eigenvalue weighted by Crippen LogP contribution is 2.04. The molecule has 2 rings (SSSR count). The van der Waals surface area contributed by atoms with Crippen LogP contribution < -0.4 is 0 Å². The van der Waals surface area contributed by atoms with E-state index >= 15 is 0 Å². The average Bonchev–Trinajstić information content (AvgIpc) is 2.15. The Morgan fingerprint density at radius 3 is 3.50 bits per heavy atom. The molecule has 2 heterocycles. The molecule has 0 saturated carbocycles. The van der Waals surface area contributed by atoms with Gasteiger partial charge in [-0.05, 0) is 0 Å².